The average Bonchev–Trinajstić information content (AvgIpc) is 2.28. The average molecular weight is 253 g/mol. The van der Waals surface area contributed by atoms with Crippen molar-refractivity contribution in [2.75, 3.05) is 5.32 Å². The molecule has 1 aliphatic rings. The summed E-state index contributed by atoms with van der Waals surface area (Å²) in [7, 11) is 0. The van der Waals surface area contributed by atoms with E-state index in [0.29, 0.717) is 11.2 Å². The van der Waals surface area contributed by atoms with Crippen LogP contribution in [0.4, 0.5) is 5.69 Å². The number of hydrogen-bond donors (Lipinski definition) is 1. The van der Waals surface area contributed by atoms with Crippen LogP contribution in [0.1, 0.15) is 38.7 Å². The van der Waals surface area contributed by atoms with Crippen molar-refractivity contribution in [1.82, 2.24) is 4.98 Å². The second-order valence-corrected chi connectivity index (χ2v) is 5.76. The first-order chi connectivity index (χ1) is 8.08. The molecule has 1 heterocycles. The Hall–Kier alpha value is -0.760. The van der Waals surface area contributed by atoms with E-state index in [2.05, 4.69) is 31.1 Å². The fraction of sp³-hybridized carbons (Fsp3) is 0.643. The maximum Gasteiger partial charge on any atom is 0.152 e. The third-order valence-electron chi connectivity index (χ3n) is 4.06. The summed E-state index contributed by atoms with van der Waals surface area (Å²) in [6.07, 6.45) is 5.52. The van der Waals surface area contributed by atoms with Crippen molar-refractivity contribution < 1.29 is 0 Å². The molecule has 1 fully saturated rings. The van der Waals surface area contributed by atoms with Gasteiger partial charge in [0.15, 0.2) is 5.15 Å². The highest BCUT2D eigenvalue weighted by molar-refractivity contribution is 6.32. The molecule has 2 nitrogen and oxygen atoms in total. The zero-order valence-corrected chi connectivity index (χ0v) is 11.6. The zero-order valence-electron chi connectivity index (χ0n) is 10.8. The summed E-state index contributed by atoms with van der Waals surface area (Å²) >= 11 is 6.14. The van der Waals surface area contributed by atoms with E-state index < -0.39 is 0 Å². The maximum absolute atomic E-state index is 6.14. The van der Waals surface area contributed by atoms with Crippen molar-refractivity contribution >= 4 is 17.3 Å². The van der Waals surface area contributed by atoms with E-state index in [0.717, 1.165) is 17.5 Å². The van der Waals surface area contributed by atoms with E-state index >= 15 is 0 Å². The van der Waals surface area contributed by atoms with Crippen LogP contribution in [0.15, 0.2) is 12.3 Å². The Labute approximate surface area is 109 Å². The smallest absolute Gasteiger partial charge is 0.152 e. The highest BCUT2D eigenvalue weighted by atomic mass is 35.5. The van der Waals surface area contributed by atoms with Gasteiger partial charge in [0, 0.05) is 12.2 Å². The molecule has 3 atom stereocenters. The van der Waals surface area contributed by atoms with Gasteiger partial charge in [-0.1, -0.05) is 25.4 Å². The molecule has 94 valence electrons. The van der Waals surface area contributed by atoms with E-state index in [1.54, 1.807) is 6.20 Å². The maximum atomic E-state index is 6.14. The minimum atomic E-state index is 0.543. The topological polar surface area (TPSA) is 24.9 Å². The second-order valence-electron chi connectivity index (χ2n) is 5.40. The quantitative estimate of drug-likeness (QED) is 0.795. The Bertz CT molecular complexity index is 372. The third-order valence-corrected chi connectivity index (χ3v) is 4.35. The highest BCUT2D eigenvalue weighted by Crippen LogP contribution is 2.33. The number of pyridine rings is 1. The van der Waals surface area contributed by atoms with Crippen molar-refractivity contribution in [3.8, 4) is 0 Å². The molecule has 0 aliphatic heterocycles. The van der Waals surface area contributed by atoms with Crippen molar-refractivity contribution in [3.63, 3.8) is 0 Å². The minimum absolute atomic E-state index is 0.543. The summed E-state index contributed by atoms with van der Waals surface area (Å²) in [4.78, 5) is 4.14. The summed E-state index contributed by atoms with van der Waals surface area (Å²) in [5.74, 6) is 1.63. The van der Waals surface area contributed by atoms with Gasteiger partial charge in [-0.2, -0.15) is 0 Å². The Morgan fingerprint density at radius 3 is 2.71 bits per heavy atom. The Kier molecular flexibility index (Phi) is 3.93. The van der Waals surface area contributed by atoms with Crippen LogP contribution in [0.2, 0.25) is 5.15 Å². The molecule has 1 aromatic heterocycles. The van der Waals surface area contributed by atoms with Crippen LogP contribution in [0.5, 0.6) is 0 Å². The zero-order chi connectivity index (χ0) is 12.4. The van der Waals surface area contributed by atoms with Gasteiger partial charge in [-0.05, 0) is 49.7 Å². The van der Waals surface area contributed by atoms with E-state index in [4.69, 9.17) is 11.6 Å². The number of halogens is 1. The van der Waals surface area contributed by atoms with Gasteiger partial charge in [-0.3, -0.25) is 0 Å². The predicted octanol–water partition coefficient (Wildman–Crippen LogP) is 4.28. The van der Waals surface area contributed by atoms with Crippen LogP contribution in [0, 0.1) is 18.8 Å². The number of aromatic nitrogens is 1. The summed E-state index contributed by atoms with van der Waals surface area (Å²) < 4.78 is 0. The van der Waals surface area contributed by atoms with Gasteiger partial charge in [0.2, 0.25) is 0 Å². The molecular formula is C14H21ClN2. The predicted molar refractivity (Wildman–Crippen MR) is 73.6 cm³/mol. The number of rotatable bonds is 2. The molecule has 0 radical (unpaired) electrons. The Balaban J connectivity index is 2.06. The largest absolute Gasteiger partial charge is 0.380 e. The van der Waals surface area contributed by atoms with Crippen LogP contribution < -0.4 is 5.32 Å². The van der Waals surface area contributed by atoms with Gasteiger partial charge in [0.25, 0.3) is 0 Å². The molecule has 0 bridgehead atoms. The number of nitrogens with zero attached hydrogens (tertiary/aromatic N) is 1. The molecule has 2 rings (SSSR count). The molecule has 1 aliphatic carbocycles. The molecule has 0 amide bonds. The Morgan fingerprint density at radius 1 is 1.29 bits per heavy atom. The van der Waals surface area contributed by atoms with Crippen molar-refractivity contribution in [2.24, 2.45) is 11.8 Å². The van der Waals surface area contributed by atoms with Crippen molar-refractivity contribution in [2.45, 2.75) is 46.1 Å². The molecular weight excluding hydrogens is 232 g/mol. The highest BCUT2D eigenvalue weighted by Gasteiger charge is 2.25. The molecule has 0 saturated heterocycles. The van der Waals surface area contributed by atoms with Crippen molar-refractivity contribution in [1.29, 1.82) is 0 Å². The Morgan fingerprint density at radius 2 is 2.06 bits per heavy atom. The molecule has 1 saturated carbocycles. The van der Waals surface area contributed by atoms with E-state index in [-0.39, 0.29) is 0 Å². The normalized spacial score (nSPS) is 29.1. The molecule has 0 spiro atoms. The van der Waals surface area contributed by atoms with Crippen LogP contribution >= 0.6 is 11.6 Å². The SMILES string of the molecule is Cc1ccnc(Cl)c1NC1CCC(C)C(C)C1. The molecule has 1 aromatic rings. The molecule has 17 heavy (non-hydrogen) atoms. The number of hydrogen-bond acceptors (Lipinski definition) is 2. The van der Waals surface area contributed by atoms with Gasteiger partial charge in [-0.25, -0.2) is 4.98 Å². The van der Waals surface area contributed by atoms with E-state index in [1.807, 2.05) is 6.07 Å². The van der Waals surface area contributed by atoms with Gasteiger partial charge < -0.3 is 5.32 Å². The lowest BCUT2D eigenvalue weighted by molar-refractivity contribution is 0.261. The fourth-order valence-electron chi connectivity index (χ4n) is 2.58. The fourth-order valence-corrected chi connectivity index (χ4v) is 2.84. The standard InChI is InChI=1S/C14H21ClN2/c1-9-4-5-12(8-11(9)3)17-13-10(2)6-7-16-14(13)15/h6-7,9,11-12,17H,4-5,8H2,1-3H3. The van der Waals surface area contributed by atoms with Crippen LogP contribution in [0.3, 0.4) is 0 Å². The van der Waals surface area contributed by atoms with Gasteiger partial charge in [0.1, 0.15) is 0 Å². The molecule has 3 heteroatoms. The summed E-state index contributed by atoms with van der Waals surface area (Å²) in [5, 5.41) is 4.17. The summed E-state index contributed by atoms with van der Waals surface area (Å²) in [6, 6.07) is 2.55. The summed E-state index contributed by atoms with van der Waals surface area (Å²) in [5.41, 5.74) is 2.19. The lowest BCUT2D eigenvalue weighted by atomic mass is 9.79. The minimum Gasteiger partial charge on any atom is -0.380 e. The van der Waals surface area contributed by atoms with E-state index in [1.165, 1.54) is 24.8 Å². The molecule has 3 unspecified atom stereocenters. The number of anilines is 1. The van der Waals surface area contributed by atoms with Crippen molar-refractivity contribution in [3.05, 3.63) is 23.0 Å². The first-order valence-electron chi connectivity index (χ1n) is 6.45. The molecule has 1 N–H and O–H groups in total. The number of aryl methyl sites for hydroxylation is 1. The lowest BCUT2D eigenvalue weighted by Gasteiger charge is -2.33. The first-order valence-corrected chi connectivity index (χ1v) is 6.83. The van der Waals surface area contributed by atoms with Crippen LogP contribution in [0.25, 0.3) is 0 Å². The first kappa shape index (κ1) is 12.7. The van der Waals surface area contributed by atoms with Crippen LogP contribution in [-0.4, -0.2) is 11.0 Å². The molecule has 0 aromatic carbocycles. The lowest BCUT2D eigenvalue weighted by Crippen LogP contribution is -2.30. The second kappa shape index (κ2) is 5.26. The van der Waals surface area contributed by atoms with E-state index in [9.17, 15) is 0 Å². The van der Waals surface area contributed by atoms with Gasteiger partial charge in [-0.15, -0.1) is 0 Å². The van der Waals surface area contributed by atoms with Gasteiger partial charge in [0.05, 0.1) is 5.69 Å². The summed E-state index contributed by atoms with van der Waals surface area (Å²) in [6.45, 7) is 6.77. The third kappa shape index (κ3) is 2.92. The van der Waals surface area contributed by atoms with Gasteiger partial charge >= 0.3 is 0 Å². The number of nitrogens with one attached hydrogen (secondary N) is 1. The van der Waals surface area contributed by atoms with Crippen LogP contribution in [-0.2, 0) is 0 Å². The monoisotopic (exact) mass is 252 g/mol.